The third kappa shape index (κ3) is 3.45. The molecule has 1 aromatic heterocycles. The molecule has 0 aliphatic heterocycles. The summed E-state index contributed by atoms with van der Waals surface area (Å²) in [6, 6.07) is 5.56. The maximum absolute atomic E-state index is 12.9. The van der Waals surface area contributed by atoms with E-state index < -0.39 is 23.0 Å². The number of aromatic nitrogens is 2. The van der Waals surface area contributed by atoms with Gasteiger partial charge < -0.3 is 15.4 Å². The first-order chi connectivity index (χ1) is 11.3. The van der Waals surface area contributed by atoms with Crippen LogP contribution in [0.3, 0.4) is 0 Å². The van der Waals surface area contributed by atoms with Crippen LogP contribution >= 0.6 is 0 Å². The number of carbonyl (C=O) groups is 1. The third-order valence-electron chi connectivity index (χ3n) is 3.33. The van der Waals surface area contributed by atoms with Crippen LogP contribution in [0.1, 0.15) is 22.8 Å². The molecule has 0 saturated heterocycles. The largest absolute Gasteiger partial charge is 0.421 e. The summed E-state index contributed by atoms with van der Waals surface area (Å²) in [5, 5.41) is 12.2. The number of hydrogen-bond acceptors (Lipinski definition) is 5. The second-order valence-electron chi connectivity index (χ2n) is 5.12. The molecule has 0 bridgehead atoms. The van der Waals surface area contributed by atoms with Gasteiger partial charge in [-0.15, -0.1) is 0 Å². The molecule has 0 spiro atoms. The van der Waals surface area contributed by atoms with Crippen LogP contribution in [0.5, 0.6) is 0 Å². The zero-order chi connectivity index (χ0) is 17.9. The van der Waals surface area contributed by atoms with Gasteiger partial charge in [0.1, 0.15) is 17.2 Å². The minimum absolute atomic E-state index is 0.0613. The molecule has 0 aliphatic rings. The highest BCUT2D eigenvalue weighted by Gasteiger charge is 2.23. The lowest BCUT2D eigenvalue weighted by Crippen LogP contribution is -2.41. The maximum Gasteiger partial charge on any atom is 0.363 e. The molecular formula is C15H17FN4O4. The van der Waals surface area contributed by atoms with Crippen molar-refractivity contribution in [3.8, 4) is 0 Å². The van der Waals surface area contributed by atoms with Gasteiger partial charge in [-0.3, -0.25) is 14.6 Å². The zero-order valence-electron chi connectivity index (χ0n) is 13.2. The van der Waals surface area contributed by atoms with Crippen molar-refractivity contribution in [2.24, 2.45) is 0 Å². The number of nitrogens with zero attached hydrogens (tertiary/aromatic N) is 2. The van der Waals surface area contributed by atoms with Crippen molar-refractivity contribution >= 4 is 11.7 Å². The van der Waals surface area contributed by atoms with E-state index in [0.717, 1.165) is 0 Å². The molecule has 1 heterocycles. The Morgan fingerprint density at radius 3 is 2.54 bits per heavy atom. The fourth-order valence-electron chi connectivity index (χ4n) is 2.16. The molecule has 0 fully saturated rings. The predicted octanol–water partition coefficient (Wildman–Crippen LogP) is 0.617. The summed E-state index contributed by atoms with van der Waals surface area (Å²) in [5.41, 5.74) is -1.89. The van der Waals surface area contributed by atoms with Crippen molar-refractivity contribution in [2.45, 2.75) is 13.5 Å². The normalized spacial score (nSPS) is 10.5. The Labute approximate surface area is 136 Å². The van der Waals surface area contributed by atoms with Crippen molar-refractivity contribution in [3.05, 3.63) is 62.0 Å². The minimum atomic E-state index is -1.12. The van der Waals surface area contributed by atoms with E-state index in [0.29, 0.717) is 12.1 Å². The number of H-pyrrole nitrogens is 1. The average molecular weight is 336 g/mol. The zero-order valence-corrected chi connectivity index (χ0v) is 13.2. The lowest BCUT2D eigenvalue weighted by Gasteiger charge is -2.19. The molecule has 0 saturated carbocycles. The number of rotatable bonds is 5. The molecule has 2 aromatic rings. The van der Waals surface area contributed by atoms with E-state index in [1.54, 1.807) is 6.92 Å². The van der Waals surface area contributed by atoms with E-state index in [-0.39, 0.29) is 22.7 Å². The molecule has 0 atom stereocenters. The number of anilines is 1. The van der Waals surface area contributed by atoms with Crippen LogP contribution in [0.15, 0.2) is 33.9 Å². The van der Waals surface area contributed by atoms with Gasteiger partial charge in [-0.05, 0) is 24.6 Å². The molecule has 0 aliphatic carbocycles. The van der Waals surface area contributed by atoms with Gasteiger partial charge in [0.2, 0.25) is 0 Å². The van der Waals surface area contributed by atoms with Crippen LogP contribution in [-0.4, -0.2) is 39.3 Å². The lowest BCUT2D eigenvalue weighted by molar-refractivity contribution is 0.0775. The number of amides is 1. The van der Waals surface area contributed by atoms with Crippen LogP contribution < -0.4 is 16.6 Å². The first-order valence-corrected chi connectivity index (χ1v) is 7.17. The van der Waals surface area contributed by atoms with Crippen molar-refractivity contribution in [1.29, 1.82) is 0 Å². The molecule has 1 aromatic carbocycles. The molecule has 1 amide bonds. The van der Waals surface area contributed by atoms with Gasteiger partial charge in [-0.1, -0.05) is 16.9 Å². The van der Waals surface area contributed by atoms with Gasteiger partial charge >= 0.3 is 11.2 Å². The Bertz CT molecular complexity index is 857. The van der Waals surface area contributed by atoms with Crippen molar-refractivity contribution < 1.29 is 14.4 Å². The van der Waals surface area contributed by atoms with E-state index in [4.69, 9.17) is 0 Å². The first-order valence-electron chi connectivity index (χ1n) is 7.17. The van der Waals surface area contributed by atoms with E-state index >= 15 is 0 Å². The molecule has 3 N–H and O–H groups in total. The SMILES string of the molecule is CCNc1[nH]c(=O)n(O)c(=O)c1C(=O)N(C)Cc1ccc(F)cc1. The van der Waals surface area contributed by atoms with Gasteiger partial charge in [0.05, 0.1) is 0 Å². The Morgan fingerprint density at radius 1 is 1.33 bits per heavy atom. The van der Waals surface area contributed by atoms with Crippen molar-refractivity contribution in [3.63, 3.8) is 0 Å². The predicted molar refractivity (Wildman–Crippen MR) is 84.9 cm³/mol. The molecule has 9 heteroatoms. The Morgan fingerprint density at radius 2 is 1.96 bits per heavy atom. The monoisotopic (exact) mass is 336 g/mol. The smallest absolute Gasteiger partial charge is 0.363 e. The number of aromatic amines is 1. The Balaban J connectivity index is 2.37. The van der Waals surface area contributed by atoms with Gasteiger partial charge in [0.25, 0.3) is 5.91 Å². The standard InChI is InChI=1S/C15H17FN4O4/c1-3-17-12-11(14(22)20(24)15(23)18-12)13(21)19(2)8-9-4-6-10(16)7-5-9/h4-7,17,24H,3,8H2,1-2H3,(H,18,23). The van der Waals surface area contributed by atoms with Crippen LogP contribution in [0, 0.1) is 5.82 Å². The quantitative estimate of drug-likeness (QED) is 0.694. The van der Waals surface area contributed by atoms with Crippen LogP contribution in [0.4, 0.5) is 10.2 Å². The summed E-state index contributed by atoms with van der Waals surface area (Å²) in [6.45, 7) is 2.20. The lowest BCUT2D eigenvalue weighted by atomic mass is 10.2. The van der Waals surface area contributed by atoms with Gasteiger partial charge in [-0.25, -0.2) is 9.18 Å². The molecule has 8 nitrogen and oxygen atoms in total. The number of carbonyl (C=O) groups excluding carboxylic acids is 1. The molecule has 0 radical (unpaired) electrons. The molecule has 2 rings (SSSR count). The topological polar surface area (TPSA) is 107 Å². The average Bonchev–Trinajstić information content (AvgIpc) is 2.55. The van der Waals surface area contributed by atoms with Crippen LogP contribution in [0.25, 0.3) is 0 Å². The summed E-state index contributed by atoms with van der Waals surface area (Å²) in [4.78, 5) is 39.6. The molecule has 0 unspecified atom stereocenters. The van der Waals surface area contributed by atoms with E-state index in [2.05, 4.69) is 10.3 Å². The third-order valence-corrected chi connectivity index (χ3v) is 3.33. The fourth-order valence-corrected chi connectivity index (χ4v) is 2.16. The van der Waals surface area contributed by atoms with Crippen LogP contribution in [-0.2, 0) is 6.54 Å². The molecule has 128 valence electrons. The fraction of sp³-hybridized carbons (Fsp3) is 0.267. The Kier molecular flexibility index (Phi) is 5.02. The number of halogens is 1. The van der Waals surface area contributed by atoms with Crippen molar-refractivity contribution in [2.75, 3.05) is 18.9 Å². The summed E-state index contributed by atoms with van der Waals surface area (Å²) >= 11 is 0. The van der Waals surface area contributed by atoms with Gasteiger partial charge in [0.15, 0.2) is 0 Å². The molecular weight excluding hydrogens is 319 g/mol. The van der Waals surface area contributed by atoms with E-state index in [1.165, 1.54) is 36.2 Å². The maximum atomic E-state index is 12.9. The highest BCUT2D eigenvalue weighted by Crippen LogP contribution is 2.11. The van der Waals surface area contributed by atoms with Crippen molar-refractivity contribution in [1.82, 2.24) is 14.6 Å². The number of benzene rings is 1. The second kappa shape index (κ2) is 6.99. The van der Waals surface area contributed by atoms with Crippen LogP contribution in [0.2, 0.25) is 0 Å². The summed E-state index contributed by atoms with van der Waals surface area (Å²) in [7, 11) is 1.45. The van der Waals surface area contributed by atoms with E-state index in [9.17, 15) is 24.0 Å². The van der Waals surface area contributed by atoms with Gasteiger partial charge in [0, 0.05) is 20.1 Å². The van der Waals surface area contributed by atoms with E-state index in [1.807, 2.05) is 0 Å². The highest BCUT2D eigenvalue weighted by atomic mass is 19.1. The molecule has 24 heavy (non-hydrogen) atoms. The highest BCUT2D eigenvalue weighted by molar-refractivity contribution is 5.98. The Hall–Kier alpha value is -3.10. The number of nitrogens with one attached hydrogen (secondary N) is 2. The second-order valence-corrected chi connectivity index (χ2v) is 5.12. The first kappa shape index (κ1) is 17.3. The number of hydrogen-bond donors (Lipinski definition) is 3. The minimum Gasteiger partial charge on any atom is -0.421 e. The summed E-state index contributed by atoms with van der Waals surface area (Å²) in [5.74, 6) is -1.15. The summed E-state index contributed by atoms with van der Waals surface area (Å²) in [6.07, 6.45) is 0. The summed E-state index contributed by atoms with van der Waals surface area (Å²) < 4.78 is 12.8. The van der Waals surface area contributed by atoms with Gasteiger partial charge in [-0.2, -0.15) is 0 Å².